The molecule has 1 aliphatic rings. The number of nitrogens with zero attached hydrogens (tertiary/aromatic N) is 3. The number of carbonyl (C=O) groups is 1. The van der Waals surface area contributed by atoms with Crippen molar-refractivity contribution in [3.05, 3.63) is 17.5 Å². The van der Waals surface area contributed by atoms with Crippen molar-refractivity contribution in [2.24, 2.45) is 18.9 Å². The van der Waals surface area contributed by atoms with Gasteiger partial charge in [-0.15, -0.1) is 0 Å². The van der Waals surface area contributed by atoms with E-state index in [9.17, 15) is 23.1 Å². The zero-order valence-electron chi connectivity index (χ0n) is 12.4. The summed E-state index contributed by atoms with van der Waals surface area (Å²) >= 11 is 0. The molecule has 124 valence electrons. The molecule has 0 unspecified atom stereocenters. The Balaban J connectivity index is 1.98. The molecule has 0 spiro atoms. The smallest absolute Gasteiger partial charge is 0.396 e. The molecule has 0 aromatic carbocycles. The number of halogens is 3. The molecule has 1 aliphatic heterocycles. The first-order valence-electron chi connectivity index (χ1n) is 6.95. The monoisotopic (exact) mass is 320 g/mol. The third-order valence-electron chi connectivity index (χ3n) is 3.89. The number of rotatable bonds is 3. The van der Waals surface area contributed by atoms with E-state index < -0.39 is 17.9 Å². The lowest BCUT2D eigenvalue weighted by Gasteiger charge is -2.17. The Kier molecular flexibility index (Phi) is 4.64. The van der Waals surface area contributed by atoms with Gasteiger partial charge in [-0.3, -0.25) is 4.68 Å². The van der Waals surface area contributed by atoms with Crippen LogP contribution < -0.4 is 5.32 Å². The highest BCUT2D eigenvalue weighted by Crippen LogP contribution is 2.30. The van der Waals surface area contributed by atoms with Gasteiger partial charge in [-0.25, -0.2) is 4.79 Å². The van der Waals surface area contributed by atoms with Crippen LogP contribution in [0.5, 0.6) is 0 Å². The van der Waals surface area contributed by atoms with Crippen LogP contribution in [0.2, 0.25) is 0 Å². The maximum atomic E-state index is 12.8. The molecule has 0 bridgehead atoms. The summed E-state index contributed by atoms with van der Waals surface area (Å²) in [7, 11) is 1.40. The second-order valence-corrected chi connectivity index (χ2v) is 5.66. The van der Waals surface area contributed by atoms with Crippen LogP contribution in [0, 0.1) is 11.8 Å². The van der Waals surface area contributed by atoms with Gasteiger partial charge in [0.25, 0.3) is 0 Å². The van der Waals surface area contributed by atoms with Crippen LogP contribution >= 0.6 is 0 Å². The Labute approximate surface area is 125 Å². The number of urea groups is 1. The number of alkyl halides is 3. The molecule has 2 atom stereocenters. The van der Waals surface area contributed by atoms with Gasteiger partial charge in [0.2, 0.25) is 0 Å². The molecule has 2 rings (SSSR count). The van der Waals surface area contributed by atoms with Crippen molar-refractivity contribution < 1.29 is 23.1 Å². The molecule has 9 heteroatoms. The molecule has 2 amide bonds. The maximum absolute atomic E-state index is 12.8. The van der Waals surface area contributed by atoms with Gasteiger partial charge in [0.15, 0.2) is 5.69 Å². The van der Waals surface area contributed by atoms with Gasteiger partial charge in [-0.05, 0) is 5.92 Å². The van der Waals surface area contributed by atoms with E-state index in [0.29, 0.717) is 13.1 Å². The number of likely N-dealkylation sites (tertiary alicyclic amines) is 1. The third kappa shape index (κ3) is 3.52. The summed E-state index contributed by atoms with van der Waals surface area (Å²) in [6.45, 7) is 2.57. The number of amides is 2. The second-order valence-electron chi connectivity index (χ2n) is 5.66. The van der Waals surface area contributed by atoms with E-state index in [-0.39, 0.29) is 30.6 Å². The van der Waals surface area contributed by atoms with Gasteiger partial charge in [-0.2, -0.15) is 18.3 Å². The number of nitrogens with one attached hydrogen (secondary N) is 1. The van der Waals surface area contributed by atoms with E-state index in [4.69, 9.17) is 0 Å². The first kappa shape index (κ1) is 16.6. The Hall–Kier alpha value is -1.77. The summed E-state index contributed by atoms with van der Waals surface area (Å²) < 4.78 is 39.5. The van der Waals surface area contributed by atoms with E-state index in [2.05, 4.69) is 10.4 Å². The van der Waals surface area contributed by atoms with Crippen molar-refractivity contribution in [2.45, 2.75) is 19.6 Å². The lowest BCUT2D eigenvalue weighted by Crippen LogP contribution is -2.38. The predicted molar refractivity (Wildman–Crippen MR) is 71.8 cm³/mol. The minimum atomic E-state index is -4.55. The lowest BCUT2D eigenvalue weighted by atomic mass is 10.00. The van der Waals surface area contributed by atoms with Crippen molar-refractivity contribution in [2.75, 3.05) is 19.7 Å². The minimum absolute atomic E-state index is 0.00816. The molecule has 1 fully saturated rings. The molecular formula is C13H19F3N4O2. The SMILES string of the molecule is C[C@@H]1CN(C(=O)NCc2cn(C)nc2C(F)(F)F)C[C@H]1CO. The lowest BCUT2D eigenvalue weighted by molar-refractivity contribution is -0.142. The van der Waals surface area contributed by atoms with Crippen LogP contribution in [0.4, 0.5) is 18.0 Å². The zero-order chi connectivity index (χ0) is 16.5. The highest BCUT2D eigenvalue weighted by atomic mass is 19.4. The van der Waals surface area contributed by atoms with Gasteiger partial charge >= 0.3 is 12.2 Å². The molecule has 2 heterocycles. The van der Waals surface area contributed by atoms with E-state index >= 15 is 0 Å². The molecule has 2 N–H and O–H groups in total. The van der Waals surface area contributed by atoms with Crippen molar-refractivity contribution in [1.29, 1.82) is 0 Å². The topological polar surface area (TPSA) is 70.4 Å². The Morgan fingerprint density at radius 2 is 2.18 bits per heavy atom. The number of aryl methyl sites for hydroxylation is 1. The summed E-state index contributed by atoms with van der Waals surface area (Å²) in [6.07, 6.45) is -3.31. The van der Waals surface area contributed by atoms with Crippen LogP contribution in [0.25, 0.3) is 0 Å². The Morgan fingerprint density at radius 3 is 2.73 bits per heavy atom. The maximum Gasteiger partial charge on any atom is 0.435 e. The first-order chi connectivity index (χ1) is 10.2. The first-order valence-corrected chi connectivity index (χ1v) is 6.95. The minimum Gasteiger partial charge on any atom is -0.396 e. The number of hydrogen-bond acceptors (Lipinski definition) is 3. The van der Waals surface area contributed by atoms with Gasteiger partial charge in [0.05, 0.1) is 0 Å². The molecule has 1 aromatic heterocycles. The Bertz CT molecular complexity index is 544. The molecule has 1 aromatic rings. The van der Waals surface area contributed by atoms with Crippen molar-refractivity contribution >= 4 is 6.03 Å². The molecule has 1 saturated heterocycles. The molecule has 22 heavy (non-hydrogen) atoms. The van der Waals surface area contributed by atoms with Crippen LogP contribution in [0.3, 0.4) is 0 Å². The molecule has 0 aliphatic carbocycles. The summed E-state index contributed by atoms with van der Waals surface area (Å²) in [6, 6.07) is -0.431. The fraction of sp³-hybridized carbons (Fsp3) is 0.692. The predicted octanol–water partition coefficient (Wildman–Crippen LogP) is 1.21. The van der Waals surface area contributed by atoms with E-state index in [0.717, 1.165) is 4.68 Å². The average Bonchev–Trinajstić information content (AvgIpc) is 2.98. The number of hydrogen-bond donors (Lipinski definition) is 2. The zero-order valence-corrected chi connectivity index (χ0v) is 12.4. The quantitative estimate of drug-likeness (QED) is 0.879. The standard InChI is InChI=1S/C13H19F3N4O2/c1-8-4-20(6-10(8)7-21)12(22)17-3-9-5-19(2)18-11(9)13(14,15)16/h5,8,10,21H,3-4,6-7H2,1-2H3,(H,17,22)/t8-,10+/m1/s1. The fourth-order valence-electron chi connectivity index (χ4n) is 2.63. The highest BCUT2D eigenvalue weighted by Gasteiger charge is 2.37. The van der Waals surface area contributed by atoms with Crippen molar-refractivity contribution in [3.8, 4) is 0 Å². The van der Waals surface area contributed by atoms with E-state index in [1.54, 1.807) is 0 Å². The average molecular weight is 320 g/mol. The molecular weight excluding hydrogens is 301 g/mol. The number of aromatic nitrogens is 2. The summed E-state index contributed by atoms with van der Waals surface area (Å²) in [4.78, 5) is 13.5. The largest absolute Gasteiger partial charge is 0.435 e. The van der Waals surface area contributed by atoms with E-state index in [1.807, 2.05) is 6.92 Å². The fourth-order valence-corrected chi connectivity index (χ4v) is 2.63. The molecule has 0 radical (unpaired) electrons. The molecule has 0 saturated carbocycles. The number of aliphatic hydroxyl groups excluding tert-OH is 1. The summed E-state index contributed by atoms with van der Waals surface area (Å²) in [5, 5.41) is 15.1. The van der Waals surface area contributed by atoms with Crippen LogP contribution in [-0.4, -0.2) is 45.5 Å². The highest BCUT2D eigenvalue weighted by molar-refractivity contribution is 5.74. The third-order valence-corrected chi connectivity index (χ3v) is 3.89. The Morgan fingerprint density at radius 1 is 1.50 bits per heavy atom. The summed E-state index contributed by atoms with van der Waals surface area (Å²) in [5.41, 5.74) is -1.06. The van der Waals surface area contributed by atoms with Crippen molar-refractivity contribution in [3.63, 3.8) is 0 Å². The van der Waals surface area contributed by atoms with Gasteiger partial charge in [0, 0.05) is 51.0 Å². The van der Waals surface area contributed by atoms with Crippen LogP contribution in [-0.2, 0) is 19.8 Å². The second kappa shape index (κ2) is 6.15. The van der Waals surface area contributed by atoms with Crippen molar-refractivity contribution in [1.82, 2.24) is 20.0 Å². The number of aliphatic hydroxyl groups is 1. The van der Waals surface area contributed by atoms with Gasteiger partial charge in [-0.1, -0.05) is 6.92 Å². The number of carbonyl (C=O) groups excluding carboxylic acids is 1. The van der Waals surface area contributed by atoms with Gasteiger partial charge in [0.1, 0.15) is 0 Å². The normalized spacial score (nSPS) is 22.2. The van der Waals surface area contributed by atoms with E-state index in [1.165, 1.54) is 18.1 Å². The molecule has 6 nitrogen and oxygen atoms in total. The van der Waals surface area contributed by atoms with Crippen LogP contribution in [0.1, 0.15) is 18.2 Å². The van der Waals surface area contributed by atoms with Crippen LogP contribution in [0.15, 0.2) is 6.20 Å². The summed E-state index contributed by atoms with van der Waals surface area (Å²) in [5.74, 6) is 0.176. The van der Waals surface area contributed by atoms with Gasteiger partial charge < -0.3 is 15.3 Å².